The lowest BCUT2D eigenvalue weighted by Gasteiger charge is -2.18. The molecule has 1 saturated carbocycles. The third kappa shape index (κ3) is 3.77. The Kier molecular flexibility index (Phi) is 4.94. The fraction of sp³-hybridized carbons (Fsp3) is 0.600. The van der Waals surface area contributed by atoms with Crippen LogP contribution >= 0.6 is 11.6 Å². The monoisotopic (exact) mass is 284 g/mol. The molecule has 0 spiro atoms. The van der Waals surface area contributed by atoms with Gasteiger partial charge in [0.2, 0.25) is 0 Å². The summed E-state index contributed by atoms with van der Waals surface area (Å²) in [6.07, 6.45) is 4.98. The second kappa shape index (κ2) is 6.49. The van der Waals surface area contributed by atoms with Crippen LogP contribution in [-0.2, 0) is 6.42 Å². The first-order chi connectivity index (χ1) is 9.10. The van der Waals surface area contributed by atoms with Gasteiger partial charge in [0.25, 0.3) is 0 Å². The van der Waals surface area contributed by atoms with E-state index in [0.717, 1.165) is 18.4 Å². The van der Waals surface area contributed by atoms with Crippen LogP contribution < -0.4 is 9.47 Å². The molecular weight excluding hydrogens is 264 g/mol. The minimum Gasteiger partial charge on any atom is -0.493 e. The quantitative estimate of drug-likeness (QED) is 0.898. The number of hydrogen-bond acceptors (Lipinski definition) is 3. The van der Waals surface area contributed by atoms with Gasteiger partial charge in [-0.2, -0.15) is 0 Å². The number of ether oxygens (including phenoxy) is 2. The maximum absolute atomic E-state index is 9.44. The van der Waals surface area contributed by atoms with E-state index in [1.165, 1.54) is 12.8 Å². The summed E-state index contributed by atoms with van der Waals surface area (Å²) in [5, 5.41) is 10.0. The van der Waals surface area contributed by atoms with Crippen LogP contribution in [0.1, 0.15) is 38.2 Å². The van der Waals surface area contributed by atoms with Gasteiger partial charge >= 0.3 is 0 Å². The van der Waals surface area contributed by atoms with Crippen molar-refractivity contribution in [1.29, 1.82) is 0 Å². The number of rotatable bonds is 5. The molecule has 1 atom stereocenters. The highest BCUT2D eigenvalue weighted by molar-refractivity contribution is 6.32. The largest absolute Gasteiger partial charge is 0.493 e. The van der Waals surface area contributed by atoms with Crippen molar-refractivity contribution in [3.05, 3.63) is 22.7 Å². The molecule has 1 aliphatic carbocycles. The van der Waals surface area contributed by atoms with Crippen LogP contribution in [0.2, 0.25) is 5.02 Å². The summed E-state index contributed by atoms with van der Waals surface area (Å²) in [7, 11) is 1.61. The second-order valence-corrected chi connectivity index (χ2v) is 5.59. The Balaban J connectivity index is 2.21. The van der Waals surface area contributed by atoms with Gasteiger partial charge in [0, 0.05) is 0 Å². The fourth-order valence-corrected chi connectivity index (χ4v) is 2.80. The first kappa shape index (κ1) is 14.5. The minimum absolute atomic E-state index is 0.244. The Morgan fingerprint density at radius 1 is 1.37 bits per heavy atom. The van der Waals surface area contributed by atoms with Gasteiger partial charge in [0.15, 0.2) is 11.5 Å². The molecule has 0 aromatic heterocycles. The lowest BCUT2D eigenvalue weighted by molar-refractivity contribution is 0.193. The highest BCUT2D eigenvalue weighted by atomic mass is 35.5. The van der Waals surface area contributed by atoms with Crippen molar-refractivity contribution in [2.75, 3.05) is 7.11 Å². The van der Waals surface area contributed by atoms with Gasteiger partial charge < -0.3 is 14.6 Å². The summed E-state index contributed by atoms with van der Waals surface area (Å²) in [4.78, 5) is 0. The average Bonchev–Trinajstić information content (AvgIpc) is 2.84. The van der Waals surface area contributed by atoms with E-state index in [9.17, 15) is 5.11 Å². The van der Waals surface area contributed by atoms with E-state index in [0.29, 0.717) is 22.9 Å². The Morgan fingerprint density at radius 3 is 2.63 bits per heavy atom. The van der Waals surface area contributed by atoms with Gasteiger partial charge in [-0.1, -0.05) is 11.6 Å². The van der Waals surface area contributed by atoms with Gasteiger partial charge in [-0.25, -0.2) is 0 Å². The summed E-state index contributed by atoms with van der Waals surface area (Å²) in [6.45, 7) is 1.75. The molecule has 106 valence electrons. The highest BCUT2D eigenvalue weighted by Gasteiger charge is 2.21. The van der Waals surface area contributed by atoms with Crippen molar-refractivity contribution in [2.45, 2.75) is 51.2 Å². The highest BCUT2D eigenvalue weighted by Crippen LogP contribution is 2.39. The van der Waals surface area contributed by atoms with Crippen molar-refractivity contribution >= 4 is 11.6 Å². The predicted octanol–water partition coefficient (Wildman–Crippen LogP) is 3.59. The number of methoxy groups -OCH3 is 1. The molecule has 0 bridgehead atoms. The van der Waals surface area contributed by atoms with Crippen LogP contribution in [-0.4, -0.2) is 24.4 Å². The predicted molar refractivity (Wildman–Crippen MR) is 76.3 cm³/mol. The molecule has 3 nitrogen and oxygen atoms in total. The Morgan fingerprint density at radius 2 is 2.05 bits per heavy atom. The van der Waals surface area contributed by atoms with Crippen LogP contribution in [0.15, 0.2) is 12.1 Å². The first-order valence-electron chi connectivity index (χ1n) is 6.81. The third-order valence-electron chi connectivity index (χ3n) is 3.41. The van der Waals surface area contributed by atoms with E-state index in [4.69, 9.17) is 21.1 Å². The second-order valence-electron chi connectivity index (χ2n) is 5.19. The molecule has 19 heavy (non-hydrogen) atoms. The number of aliphatic hydroxyl groups excluding tert-OH is 1. The average molecular weight is 285 g/mol. The zero-order chi connectivity index (χ0) is 13.8. The number of halogens is 1. The van der Waals surface area contributed by atoms with E-state index in [1.807, 2.05) is 12.1 Å². The summed E-state index contributed by atoms with van der Waals surface area (Å²) in [6, 6.07) is 3.74. The van der Waals surface area contributed by atoms with E-state index in [2.05, 4.69) is 0 Å². The van der Waals surface area contributed by atoms with E-state index >= 15 is 0 Å². The molecule has 1 aromatic rings. The van der Waals surface area contributed by atoms with Crippen LogP contribution in [0, 0.1) is 0 Å². The van der Waals surface area contributed by atoms with Crippen molar-refractivity contribution in [3.8, 4) is 11.5 Å². The topological polar surface area (TPSA) is 38.7 Å². The van der Waals surface area contributed by atoms with Crippen molar-refractivity contribution < 1.29 is 14.6 Å². The Hall–Kier alpha value is -0.930. The Labute approximate surface area is 119 Å². The molecule has 0 amide bonds. The minimum atomic E-state index is -0.401. The standard InChI is InChI=1S/C15H21ClO3/c1-10(17)7-11-8-13(16)15(14(9-11)18-2)19-12-5-3-4-6-12/h8-10,12,17H,3-7H2,1-2H3. The number of aliphatic hydroxyl groups is 1. The van der Waals surface area contributed by atoms with Crippen LogP contribution in [0.4, 0.5) is 0 Å². The number of hydrogen-bond donors (Lipinski definition) is 1. The Bertz CT molecular complexity index is 426. The van der Waals surface area contributed by atoms with E-state index in [-0.39, 0.29) is 6.10 Å². The first-order valence-corrected chi connectivity index (χ1v) is 7.19. The summed E-state index contributed by atoms with van der Waals surface area (Å²) >= 11 is 6.29. The summed E-state index contributed by atoms with van der Waals surface area (Å²) < 4.78 is 11.3. The molecule has 2 rings (SSSR count). The fourth-order valence-electron chi connectivity index (χ4n) is 2.52. The molecule has 1 N–H and O–H groups in total. The van der Waals surface area contributed by atoms with Gasteiger partial charge in [0.1, 0.15) is 0 Å². The van der Waals surface area contributed by atoms with Crippen molar-refractivity contribution in [1.82, 2.24) is 0 Å². The van der Waals surface area contributed by atoms with E-state index < -0.39 is 6.10 Å². The third-order valence-corrected chi connectivity index (χ3v) is 3.69. The molecule has 1 unspecified atom stereocenters. The zero-order valence-electron chi connectivity index (χ0n) is 11.5. The molecule has 0 radical (unpaired) electrons. The number of benzene rings is 1. The lowest BCUT2D eigenvalue weighted by Crippen LogP contribution is -2.12. The van der Waals surface area contributed by atoms with Crippen molar-refractivity contribution in [3.63, 3.8) is 0 Å². The summed E-state index contributed by atoms with van der Waals surface area (Å²) in [5.41, 5.74) is 0.954. The molecule has 0 aliphatic heterocycles. The molecule has 1 aromatic carbocycles. The molecule has 1 fully saturated rings. The summed E-state index contributed by atoms with van der Waals surface area (Å²) in [5.74, 6) is 1.28. The molecular formula is C15H21ClO3. The van der Waals surface area contributed by atoms with Crippen LogP contribution in [0.5, 0.6) is 11.5 Å². The molecule has 0 heterocycles. The van der Waals surface area contributed by atoms with Gasteiger partial charge in [-0.15, -0.1) is 0 Å². The molecule has 1 aliphatic rings. The van der Waals surface area contributed by atoms with Crippen LogP contribution in [0.25, 0.3) is 0 Å². The van der Waals surface area contributed by atoms with E-state index in [1.54, 1.807) is 14.0 Å². The smallest absolute Gasteiger partial charge is 0.180 e. The van der Waals surface area contributed by atoms with Crippen LogP contribution in [0.3, 0.4) is 0 Å². The normalized spacial score (nSPS) is 17.5. The SMILES string of the molecule is COc1cc(CC(C)O)cc(Cl)c1OC1CCCC1. The maximum Gasteiger partial charge on any atom is 0.180 e. The molecule has 0 saturated heterocycles. The molecule has 4 heteroatoms. The van der Waals surface area contributed by atoms with Crippen molar-refractivity contribution in [2.24, 2.45) is 0 Å². The van der Waals surface area contributed by atoms with Gasteiger partial charge in [-0.3, -0.25) is 0 Å². The van der Waals surface area contributed by atoms with Gasteiger partial charge in [-0.05, 0) is 56.7 Å². The van der Waals surface area contributed by atoms with Gasteiger partial charge in [0.05, 0.1) is 24.3 Å². The maximum atomic E-state index is 9.44. The lowest BCUT2D eigenvalue weighted by atomic mass is 10.1. The zero-order valence-corrected chi connectivity index (χ0v) is 12.2.